The predicted octanol–water partition coefficient (Wildman–Crippen LogP) is 2.62. The minimum Gasteiger partial charge on any atom is -0.392 e. The highest BCUT2D eigenvalue weighted by Gasteiger charge is 2.33. The van der Waals surface area contributed by atoms with Gasteiger partial charge < -0.3 is 5.11 Å². The zero-order valence-electron chi connectivity index (χ0n) is 14.1. The summed E-state index contributed by atoms with van der Waals surface area (Å²) in [6, 6.07) is 3.73. The van der Waals surface area contributed by atoms with E-state index >= 15 is 0 Å². The van der Waals surface area contributed by atoms with Gasteiger partial charge in [-0.25, -0.2) is 13.5 Å². The van der Waals surface area contributed by atoms with Crippen molar-refractivity contribution in [3.8, 4) is 0 Å². The summed E-state index contributed by atoms with van der Waals surface area (Å²) in [7, 11) is 0. The van der Waals surface area contributed by atoms with Crippen LogP contribution in [0.1, 0.15) is 44.5 Å². The molecule has 0 spiro atoms. The average Bonchev–Trinajstić information content (AvgIpc) is 3.09. The Morgan fingerprint density at radius 2 is 2.00 bits per heavy atom. The lowest BCUT2D eigenvalue weighted by Gasteiger charge is -2.23. The number of hydrogen-bond acceptors (Lipinski definition) is 4. The standard InChI is InChI=1S/C17H22F2N4O/c1-17(2,3)23-9-12(20-21-23)8-22-10-13(24)7-16(22)11-4-5-14(18)15(19)6-11/h4-6,9,13,16,24H,7-8,10H2,1-3H3/t13-,16+/m1/s1. The number of β-amino-alcohol motifs (C(OH)–C–C–N with tert-alkyl or cyclic N) is 1. The van der Waals surface area contributed by atoms with Crippen LogP contribution in [0.4, 0.5) is 8.78 Å². The molecule has 1 aromatic carbocycles. The maximum absolute atomic E-state index is 13.5. The van der Waals surface area contributed by atoms with Gasteiger partial charge in [0, 0.05) is 19.1 Å². The summed E-state index contributed by atoms with van der Waals surface area (Å²) in [6.45, 7) is 7.07. The minimum atomic E-state index is -0.868. The zero-order valence-corrected chi connectivity index (χ0v) is 14.1. The van der Waals surface area contributed by atoms with Crippen molar-refractivity contribution >= 4 is 0 Å². The van der Waals surface area contributed by atoms with Gasteiger partial charge in [0.15, 0.2) is 11.6 Å². The molecule has 1 fully saturated rings. The van der Waals surface area contributed by atoms with Gasteiger partial charge in [0.25, 0.3) is 0 Å². The molecular formula is C17H22F2N4O. The molecule has 1 aromatic heterocycles. The van der Waals surface area contributed by atoms with Crippen LogP contribution in [0.15, 0.2) is 24.4 Å². The Bertz CT molecular complexity index is 726. The number of aromatic nitrogens is 3. The number of benzene rings is 1. The van der Waals surface area contributed by atoms with Gasteiger partial charge in [0.2, 0.25) is 0 Å². The monoisotopic (exact) mass is 336 g/mol. The van der Waals surface area contributed by atoms with Crippen molar-refractivity contribution < 1.29 is 13.9 Å². The molecule has 2 heterocycles. The molecule has 1 saturated heterocycles. The summed E-state index contributed by atoms with van der Waals surface area (Å²) < 4.78 is 28.5. The summed E-state index contributed by atoms with van der Waals surface area (Å²) in [4.78, 5) is 2.02. The Labute approximate surface area is 139 Å². The Hall–Kier alpha value is -1.86. The quantitative estimate of drug-likeness (QED) is 0.936. The molecule has 1 N–H and O–H groups in total. The Morgan fingerprint density at radius 1 is 1.25 bits per heavy atom. The molecule has 5 nitrogen and oxygen atoms in total. The van der Waals surface area contributed by atoms with Gasteiger partial charge in [-0.05, 0) is 44.9 Å². The number of aliphatic hydroxyl groups is 1. The lowest BCUT2D eigenvalue weighted by Crippen LogP contribution is -2.25. The molecule has 1 aliphatic rings. The highest BCUT2D eigenvalue weighted by Crippen LogP contribution is 2.33. The van der Waals surface area contributed by atoms with Crippen LogP contribution in [-0.4, -0.2) is 37.6 Å². The smallest absolute Gasteiger partial charge is 0.159 e. The fraction of sp³-hybridized carbons (Fsp3) is 0.529. The molecule has 2 aromatic rings. The van der Waals surface area contributed by atoms with Gasteiger partial charge in [0.1, 0.15) is 0 Å². The second-order valence-corrected chi connectivity index (χ2v) is 7.33. The molecule has 0 bridgehead atoms. The first-order valence-corrected chi connectivity index (χ1v) is 8.03. The van der Waals surface area contributed by atoms with Crippen LogP contribution in [0.5, 0.6) is 0 Å². The van der Waals surface area contributed by atoms with Crippen molar-refractivity contribution in [2.75, 3.05) is 6.54 Å². The third-order valence-corrected chi connectivity index (χ3v) is 4.30. The van der Waals surface area contributed by atoms with Gasteiger partial charge in [-0.15, -0.1) is 5.10 Å². The van der Waals surface area contributed by atoms with Crippen LogP contribution in [0.3, 0.4) is 0 Å². The van der Waals surface area contributed by atoms with Crippen molar-refractivity contribution in [2.24, 2.45) is 0 Å². The zero-order chi connectivity index (χ0) is 17.5. The number of halogens is 2. The molecule has 0 saturated carbocycles. The van der Waals surface area contributed by atoms with E-state index in [0.717, 1.165) is 11.8 Å². The fourth-order valence-electron chi connectivity index (χ4n) is 3.03. The summed E-state index contributed by atoms with van der Waals surface area (Å²) in [5.41, 5.74) is 1.29. The number of likely N-dealkylation sites (tertiary alicyclic amines) is 1. The van der Waals surface area contributed by atoms with Crippen molar-refractivity contribution in [2.45, 2.75) is 51.4 Å². The maximum atomic E-state index is 13.5. The summed E-state index contributed by atoms with van der Waals surface area (Å²) in [5, 5.41) is 18.3. The molecular weight excluding hydrogens is 314 g/mol. The van der Waals surface area contributed by atoms with Gasteiger partial charge in [-0.2, -0.15) is 0 Å². The topological polar surface area (TPSA) is 54.2 Å². The molecule has 130 valence electrons. The van der Waals surface area contributed by atoms with Crippen LogP contribution < -0.4 is 0 Å². The first-order valence-electron chi connectivity index (χ1n) is 8.03. The lowest BCUT2D eigenvalue weighted by atomic mass is 10.0. The van der Waals surface area contributed by atoms with Gasteiger partial charge in [-0.1, -0.05) is 11.3 Å². The van der Waals surface area contributed by atoms with E-state index in [4.69, 9.17) is 0 Å². The highest BCUT2D eigenvalue weighted by molar-refractivity contribution is 5.23. The van der Waals surface area contributed by atoms with Crippen molar-refractivity contribution in [3.63, 3.8) is 0 Å². The molecule has 0 aliphatic carbocycles. The van der Waals surface area contributed by atoms with Crippen molar-refractivity contribution in [1.82, 2.24) is 19.9 Å². The van der Waals surface area contributed by atoms with E-state index in [2.05, 4.69) is 10.3 Å². The SMILES string of the molecule is CC(C)(C)n1cc(CN2C[C@H](O)C[C@H]2c2ccc(F)c(F)c2)nn1. The molecule has 0 amide bonds. The fourth-order valence-corrected chi connectivity index (χ4v) is 3.03. The molecule has 24 heavy (non-hydrogen) atoms. The highest BCUT2D eigenvalue weighted by atomic mass is 19.2. The Balaban J connectivity index is 1.80. The van der Waals surface area contributed by atoms with E-state index in [1.54, 1.807) is 10.7 Å². The van der Waals surface area contributed by atoms with E-state index in [0.29, 0.717) is 25.1 Å². The molecule has 2 atom stereocenters. The number of aliphatic hydroxyl groups excluding tert-OH is 1. The van der Waals surface area contributed by atoms with Crippen LogP contribution in [0.2, 0.25) is 0 Å². The second-order valence-electron chi connectivity index (χ2n) is 7.33. The largest absolute Gasteiger partial charge is 0.392 e. The van der Waals surface area contributed by atoms with E-state index < -0.39 is 17.7 Å². The molecule has 0 radical (unpaired) electrons. The van der Waals surface area contributed by atoms with Crippen LogP contribution in [-0.2, 0) is 12.1 Å². The van der Waals surface area contributed by atoms with Crippen LogP contribution in [0.25, 0.3) is 0 Å². The van der Waals surface area contributed by atoms with Crippen LogP contribution >= 0.6 is 0 Å². The maximum Gasteiger partial charge on any atom is 0.159 e. The third-order valence-electron chi connectivity index (χ3n) is 4.30. The number of rotatable bonds is 3. The lowest BCUT2D eigenvalue weighted by molar-refractivity contribution is 0.172. The first kappa shape index (κ1) is 17.0. The van der Waals surface area contributed by atoms with Crippen molar-refractivity contribution in [1.29, 1.82) is 0 Å². The number of nitrogens with zero attached hydrogens (tertiary/aromatic N) is 4. The third kappa shape index (κ3) is 3.47. The molecule has 7 heteroatoms. The summed E-state index contributed by atoms with van der Waals surface area (Å²) >= 11 is 0. The van der Waals surface area contributed by atoms with E-state index in [1.807, 2.05) is 31.9 Å². The molecule has 3 rings (SSSR count). The molecule has 1 aliphatic heterocycles. The molecule has 0 unspecified atom stereocenters. The van der Waals surface area contributed by atoms with E-state index in [9.17, 15) is 13.9 Å². The van der Waals surface area contributed by atoms with E-state index in [1.165, 1.54) is 6.07 Å². The summed E-state index contributed by atoms with van der Waals surface area (Å²) in [6.07, 6.45) is 1.87. The average molecular weight is 336 g/mol. The second kappa shape index (κ2) is 6.22. The number of hydrogen-bond donors (Lipinski definition) is 1. The van der Waals surface area contributed by atoms with Crippen molar-refractivity contribution in [3.05, 3.63) is 47.3 Å². The van der Waals surface area contributed by atoms with Gasteiger partial charge >= 0.3 is 0 Å². The summed E-state index contributed by atoms with van der Waals surface area (Å²) in [5.74, 6) is -1.73. The Morgan fingerprint density at radius 3 is 2.62 bits per heavy atom. The minimum absolute atomic E-state index is 0.157. The first-order chi connectivity index (χ1) is 11.2. The van der Waals surface area contributed by atoms with Gasteiger partial charge in [0.05, 0.1) is 23.5 Å². The predicted molar refractivity (Wildman–Crippen MR) is 85.2 cm³/mol. The normalized spacial score (nSPS) is 22.2. The Kier molecular flexibility index (Phi) is 4.40. The van der Waals surface area contributed by atoms with Gasteiger partial charge in [-0.3, -0.25) is 4.90 Å². The van der Waals surface area contributed by atoms with E-state index in [-0.39, 0.29) is 11.6 Å². The van der Waals surface area contributed by atoms with Crippen LogP contribution in [0, 0.1) is 11.6 Å².